The lowest BCUT2D eigenvalue weighted by Crippen LogP contribution is -2.39. The Hall–Kier alpha value is -1.63. The van der Waals surface area contributed by atoms with E-state index in [1.165, 1.54) is 12.1 Å². The first-order valence-electron chi connectivity index (χ1n) is 5.94. The molecule has 0 spiro atoms. The molecule has 1 amide bonds. The summed E-state index contributed by atoms with van der Waals surface area (Å²) >= 11 is 0. The Morgan fingerprint density at radius 3 is 2.84 bits per heavy atom. The number of hydrogen-bond donors (Lipinski definition) is 2. The lowest BCUT2D eigenvalue weighted by atomic mass is 10.2. The molecule has 1 fully saturated rings. The van der Waals surface area contributed by atoms with Crippen molar-refractivity contribution in [1.82, 2.24) is 5.32 Å². The molecule has 7 heteroatoms. The number of sulfone groups is 1. The van der Waals surface area contributed by atoms with Crippen LogP contribution in [0.3, 0.4) is 0 Å². The summed E-state index contributed by atoms with van der Waals surface area (Å²) in [5.41, 5.74) is 0.509. The third kappa shape index (κ3) is 4.20. The van der Waals surface area contributed by atoms with E-state index in [0.717, 1.165) is 0 Å². The van der Waals surface area contributed by atoms with E-state index < -0.39 is 9.84 Å². The molecule has 0 bridgehead atoms. The number of rotatable bonds is 4. The Balaban J connectivity index is 1.79. The van der Waals surface area contributed by atoms with Crippen molar-refractivity contribution in [2.75, 3.05) is 23.4 Å². The smallest absolute Gasteiger partial charge is 0.239 e. The largest absolute Gasteiger partial charge is 0.376 e. The van der Waals surface area contributed by atoms with Gasteiger partial charge in [0.05, 0.1) is 18.1 Å². The molecule has 1 aromatic carbocycles. The molecule has 19 heavy (non-hydrogen) atoms. The molecule has 1 aliphatic heterocycles. The summed E-state index contributed by atoms with van der Waals surface area (Å²) < 4.78 is 35.4. The van der Waals surface area contributed by atoms with E-state index in [2.05, 4.69) is 10.6 Å². The second-order valence-electron chi connectivity index (χ2n) is 4.53. The molecular formula is C12H15FN2O3S. The highest BCUT2D eigenvalue weighted by atomic mass is 32.2. The van der Waals surface area contributed by atoms with Gasteiger partial charge in [0.25, 0.3) is 0 Å². The van der Waals surface area contributed by atoms with E-state index in [1.807, 2.05) is 0 Å². The van der Waals surface area contributed by atoms with Crippen LogP contribution in [0.15, 0.2) is 24.3 Å². The van der Waals surface area contributed by atoms with Crippen LogP contribution in [-0.2, 0) is 14.6 Å². The van der Waals surface area contributed by atoms with Crippen LogP contribution in [0, 0.1) is 5.82 Å². The number of carbonyl (C=O) groups excluding carboxylic acids is 1. The van der Waals surface area contributed by atoms with Gasteiger partial charge in [-0.05, 0) is 24.6 Å². The van der Waals surface area contributed by atoms with Crippen molar-refractivity contribution in [2.45, 2.75) is 12.5 Å². The first-order valence-corrected chi connectivity index (χ1v) is 7.76. The fraction of sp³-hybridized carbons (Fsp3) is 0.417. The van der Waals surface area contributed by atoms with Gasteiger partial charge in [-0.3, -0.25) is 4.79 Å². The highest BCUT2D eigenvalue weighted by Crippen LogP contribution is 2.11. The molecule has 1 atom stereocenters. The zero-order valence-electron chi connectivity index (χ0n) is 10.2. The predicted molar refractivity (Wildman–Crippen MR) is 70.1 cm³/mol. The molecular weight excluding hydrogens is 271 g/mol. The normalized spacial score (nSPS) is 21.0. The van der Waals surface area contributed by atoms with Crippen LogP contribution < -0.4 is 10.6 Å². The van der Waals surface area contributed by atoms with Crippen molar-refractivity contribution in [2.24, 2.45) is 0 Å². The molecule has 1 aromatic rings. The van der Waals surface area contributed by atoms with Crippen LogP contribution in [0.2, 0.25) is 0 Å². The summed E-state index contributed by atoms with van der Waals surface area (Å²) in [4.78, 5) is 11.6. The molecule has 1 heterocycles. The zero-order valence-corrected chi connectivity index (χ0v) is 11.0. The standard InChI is InChI=1S/C12H15FN2O3S/c13-9-2-1-3-10(6-9)14-7-12(16)15-11-4-5-19(17,18)8-11/h1-3,6,11,14H,4-5,7-8H2,(H,15,16)/t11-/m1/s1. The molecule has 0 saturated carbocycles. The summed E-state index contributed by atoms with van der Waals surface area (Å²) in [6.45, 7) is -0.0139. The quantitative estimate of drug-likeness (QED) is 0.847. The van der Waals surface area contributed by atoms with E-state index in [0.29, 0.717) is 12.1 Å². The second kappa shape index (κ2) is 5.56. The van der Waals surface area contributed by atoms with Crippen LogP contribution in [0.5, 0.6) is 0 Å². The fourth-order valence-corrected chi connectivity index (χ4v) is 3.64. The third-order valence-corrected chi connectivity index (χ3v) is 4.64. The Bertz CT molecular complexity index is 574. The van der Waals surface area contributed by atoms with Crippen molar-refractivity contribution in [3.05, 3.63) is 30.1 Å². The van der Waals surface area contributed by atoms with E-state index >= 15 is 0 Å². The van der Waals surface area contributed by atoms with Gasteiger partial charge in [-0.25, -0.2) is 12.8 Å². The molecule has 0 radical (unpaired) electrons. The summed E-state index contributed by atoms with van der Waals surface area (Å²) in [5, 5.41) is 5.42. The van der Waals surface area contributed by atoms with Crippen LogP contribution >= 0.6 is 0 Å². The molecule has 0 unspecified atom stereocenters. The average Bonchev–Trinajstić information content (AvgIpc) is 2.66. The van der Waals surface area contributed by atoms with Gasteiger partial charge in [-0.15, -0.1) is 0 Å². The van der Waals surface area contributed by atoms with Crippen LogP contribution in [0.1, 0.15) is 6.42 Å². The van der Waals surface area contributed by atoms with Gasteiger partial charge >= 0.3 is 0 Å². The zero-order chi connectivity index (χ0) is 13.9. The van der Waals surface area contributed by atoms with Crippen molar-refractivity contribution < 1.29 is 17.6 Å². The number of halogens is 1. The summed E-state index contributed by atoms with van der Waals surface area (Å²) in [6, 6.07) is 5.48. The van der Waals surface area contributed by atoms with Crippen LogP contribution in [-0.4, -0.2) is 38.4 Å². The minimum absolute atomic E-state index is 0.00128. The highest BCUT2D eigenvalue weighted by molar-refractivity contribution is 7.91. The van der Waals surface area contributed by atoms with Gasteiger partial charge < -0.3 is 10.6 Å². The van der Waals surface area contributed by atoms with E-state index in [9.17, 15) is 17.6 Å². The Morgan fingerprint density at radius 1 is 1.42 bits per heavy atom. The van der Waals surface area contributed by atoms with Gasteiger partial charge in [-0.1, -0.05) is 6.07 Å². The maximum absolute atomic E-state index is 12.9. The first kappa shape index (κ1) is 13.8. The summed E-state index contributed by atoms with van der Waals surface area (Å²) in [5.74, 6) is -0.563. The average molecular weight is 286 g/mol. The number of carbonyl (C=O) groups is 1. The van der Waals surface area contributed by atoms with Gasteiger partial charge in [-0.2, -0.15) is 0 Å². The monoisotopic (exact) mass is 286 g/mol. The van der Waals surface area contributed by atoms with Crippen LogP contribution in [0.25, 0.3) is 0 Å². The predicted octanol–water partition coefficient (Wildman–Crippen LogP) is 0.541. The number of benzene rings is 1. The van der Waals surface area contributed by atoms with Gasteiger partial charge in [0.1, 0.15) is 5.82 Å². The van der Waals surface area contributed by atoms with E-state index in [1.54, 1.807) is 12.1 Å². The Labute approximate surface area is 111 Å². The van der Waals surface area contributed by atoms with Crippen molar-refractivity contribution in [3.63, 3.8) is 0 Å². The van der Waals surface area contributed by atoms with Crippen LogP contribution in [0.4, 0.5) is 10.1 Å². The molecule has 5 nitrogen and oxygen atoms in total. The molecule has 0 aromatic heterocycles. The topological polar surface area (TPSA) is 75.3 Å². The van der Waals surface area contributed by atoms with E-state index in [-0.39, 0.29) is 35.8 Å². The molecule has 1 saturated heterocycles. The van der Waals surface area contributed by atoms with E-state index in [4.69, 9.17) is 0 Å². The van der Waals surface area contributed by atoms with Gasteiger partial charge in [0, 0.05) is 11.7 Å². The molecule has 104 valence electrons. The Kier molecular flexibility index (Phi) is 4.04. The number of anilines is 1. The van der Waals surface area contributed by atoms with Crippen molar-refractivity contribution in [1.29, 1.82) is 0 Å². The maximum atomic E-state index is 12.9. The number of nitrogens with one attached hydrogen (secondary N) is 2. The number of amides is 1. The van der Waals surface area contributed by atoms with Crippen molar-refractivity contribution >= 4 is 21.4 Å². The Morgan fingerprint density at radius 2 is 2.21 bits per heavy atom. The highest BCUT2D eigenvalue weighted by Gasteiger charge is 2.28. The van der Waals surface area contributed by atoms with Gasteiger partial charge in [0.2, 0.25) is 5.91 Å². The molecule has 0 aliphatic carbocycles. The summed E-state index contributed by atoms with van der Waals surface area (Å²) in [6.07, 6.45) is 0.452. The minimum atomic E-state index is -3.00. The minimum Gasteiger partial charge on any atom is -0.376 e. The van der Waals surface area contributed by atoms with Gasteiger partial charge in [0.15, 0.2) is 9.84 Å². The lowest BCUT2D eigenvalue weighted by Gasteiger charge is -2.11. The SMILES string of the molecule is O=C(CNc1cccc(F)c1)N[C@@H]1CCS(=O)(=O)C1. The van der Waals surface area contributed by atoms with Crippen molar-refractivity contribution in [3.8, 4) is 0 Å². The third-order valence-electron chi connectivity index (χ3n) is 2.88. The number of hydrogen-bond acceptors (Lipinski definition) is 4. The summed E-state index contributed by atoms with van der Waals surface area (Å²) in [7, 11) is -3.00. The molecule has 2 N–H and O–H groups in total. The molecule has 1 aliphatic rings. The lowest BCUT2D eigenvalue weighted by molar-refractivity contribution is -0.119. The molecule has 2 rings (SSSR count). The fourth-order valence-electron chi connectivity index (χ4n) is 1.97. The first-order chi connectivity index (χ1) is 8.94. The second-order valence-corrected chi connectivity index (χ2v) is 6.76. The maximum Gasteiger partial charge on any atom is 0.239 e.